The number of hydrogen-bond donors (Lipinski definition) is 2. The van der Waals surface area contributed by atoms with Crippen molar-refractivity contribution >= 4 is 5.91 Å². The Labute approximate surface area is 221 Å². The number of carbonyl (C=O) groups excluding carboxylic acids is 1. The monoisotopic (exact) mass is 550 g/mol. The smallest absolute Gasteiger partial charge is 0.369 e. The lowest BCUT2D eigenvalue weighted by Gasteiger charge is -2.23. The highest BCUT2D eigenvalue weighted by atomic mass is 19.4. The molecule has 1 aliphatic heterocycles. The number of primary amides is 1. The molecule has 3 N–H and O–H groups in total. The Morgan fingerprint density at radius 2 is 1.59 bits per heavy atom. The molecular formula is C28H28F6N4O. The van der Waals surface area contributed by atoms with Gasteiger partial charge >= 0.3 is 12.4 Å². The number of benzene rings is 2. The first-order valence-electron chi connectivity index (χ1n) is 12.6. The first kappa shape index (κ1) is 28.5. The summed E-state index contributed by atoms with van der Waals surface area (Å²) in [6.07, 6.45) is -7.67. The number of aryl methyl sites for hydroxylation is 2. The summed E-state index contributed by atoms with van der Waals surface area (Å²) in [7, 11) is 0. The Morgan fingerprint density at radius 3 is 2.21 bits per heavy atom. The lowest BCUT2D eigenvalue weighted by Crippen LogP contribution is -2.26. The molecule has 1 saturated heterocycles. The SMILES string of the molecule is NC(=O)Cc1c(CCc2nc(Cc3ccc(C4CCNCC4)cc3)ncc2C(F)(F)F)cccc1C(F)(F)F. The van der Waals surface area contributed by atoms with Gasteiger partial charge in [0.1, 0.15) is 5.82 Å². The molecule has 11 heteroatoms. The number of rotatable bonds is 8. The summed E-state index contributed by atoms with van der Waals surface area (Å²) in [5.74, 6) is -0.335. The quantitative estimate of drug-likeness (QED) is 0.369. The molecule has 0 bridgehead atoms. The van der Waals surface area contributed by atoms with E-state index in [1.165, 1.54) is 11.6 Å². The number of alkyl halides is 6. The van der Waals surface area contributed by atoms with Gasteiger partial charge in [0.05, 0.1) is 23.2 Å². The molecule has 1 aromatic heterocycles. The van der Waals surface area contributed by atoms with Crippen molar-refractivity contribution in [3.63, 3.8) is 0 Å². The van der Waals surface area contributed by atoms with Crippen LogP contribution in [0.1, 0.15) is 63.7 Å². The van der Waals surface area contributed by atoms with Crippen molar-refractivity contribution in [3.8, 4) is 0 Å². The third kappa shape index (κ3) is 7.35. The molecule has 39 heavy (non-hydrogen) atoms. The van der Waals surface area contributed by atoms with E-state index < -0.39 is 35.8 Å². The number of aromatic nitrogens is 2. The van der Waals surface area contributed by atoms with Crippen LogP contribution in [0.5, 0.6) is 0 Å². The Bertz CT molecular complexity index is 1300. The van der Waals surface area contributed by atoms with E-state index in [2.05, 4.69) is 15.3 Å². The summed E-state index contributed by atoms with van der Waals surface area (Å²) in [4.78, 5) is 19.6. The van der Waals surface area contributed by atoms with E-state index in [9.17, 15) is 31.1 Å². The topological polar surface area (TPSA) is 80.9 Å². The van der Waals surface area contributed by atoms with Crippen LogP contribution in [0.3, 0.4) is 0 Å². The van der Waals surface area contributed by atoms with Gasteiger partial charge in [-0.1, -0.05) is 36.4 Å². The molecule has 3 aromatic rings. The number of carbonyl (C=O) groups is 1. The first-order valence-corrected chi connectivity index (χ1v) is 12.6. The number of amides is 1. The fourth-order valence-electron chi connectivity index (χ4n) is 4.99. The first-order chi connectivity index (χ1) is 18.4. The summed E-state index contributed by atoms with van der Waals surface area (Å²) in [6.45, 7) is 1.91. The van der Waals surface area contributed by atoms with Crippen molar-refractivity contribution in [2.45, 2.75) is 56.8 Å². The van der Waals surface area contributed by atoms with E-state index in [1.807, 2.05) is 24.3 Å². The van der Waals surface area contributed by atoms with Crippen LogP contribution in [-0.2, 0) is 42.8 Å². The molecule has 0 spiro atoms. The largest absolute Gasteiger partial charge is 0.419 e. The van der Waals surface area contributed by atoms with Crippen LogP contribution < -0.4 is 11.1 Å². The number of nitrogens with zero attached hydrogens (tertiary/aromatic N) is 2. The van der Waals surface area contributed by atoms with Crippen LogP contribution in [0.15, 0.2) is 48.7 Å². The van der Waals surface area contributed by atoms with E-state index >= 15 is 0 Å². The molecule has 4 rings (SSSR count). The lowest BCUT2D eigenvalue weighted by molar-refractivity contribution is -0.139. The molecule has 2 aromatic carbocycles. The maximum absolute atomic E-state index is 13.7. The number of nitrogens with one attached hydrogen (secondary N) is 1. The molecule has 5 nitrogen and oxygen atoms in total. The van der Waals surface area contributed by atoms with Gasteiger partial charge in [0.25, 0.3) is 0 Å². The zero-order valence-electron chi connectivity index (χ0n) is 21.0. The molecule has 0 atom stereocenters. The van der Waals surface area contributed by atoms with Crippen LogP contribution in [0.4, 0.5) is 26.3 Å². The molecule has 0 aliphatic carbocycles. The minimum Gasteiger partial charge on any atom is -0.369 e. The highest BCUT2D eigenvalue weighted by Gasteiger charge is 2.36. The predicted molar refractivity (Wildman–Crippen MR) is 133 cm³/mol. The average Bonchev–Trinajstić information content (AvgIpc) is 2.87. The zero-order valence-corrected chi connectivity index (χ0v) is 21.0. The number of hydrogen-bond acceptors (Lipinski definition) is 4. The average molecular weight is 551 g/mol. The van der Waals surface area contributed by atoms with Crippen molar-refractivity contribution in [1.82, 2.24) is 15.3 Å². The van der Waals surface area contributed by atoms with Crippen molar-refractivity contribution in [1.29, 1.82) is 0 Å². The minimum absolute atomic E-state index is 0.0883. The Morgan fingerprint density at radius 1 is 0.923 bits per heavy atom. The molecule has 0 radical (unpaired) electrons. The Kier molecular flexibility index (Phi) is 8.58. The van der Waals surface area contributed by atoms with Gasteiger partial charge in [-0.05, 0) is 73.0 Å². The molecule has 2 heterocycles. The third-order valence-electron chi connectivity index (χ3n) is 6.94. The summed E-state index contributed by atoms with van der Waals surface area (Å²) in [6, 6.07) is 11.2. The van der Waals surface area contributed by atoms with E-state index in [0.717, 1.165) is 49.8 Å². The Balaban J connectivity index is 1.58. The van der Waals surface area contributed by atoms with Gasteiger partial charge in [-0.25, -0.2) is 9.97 Å². The molecule has 208 valence electrons. The van der Waals surface area contributed by atoms with Gasteiger partial charge in [0.15, 0.2) is 0 Å². The van der Waals surface area contributed by atoms with Crippen molar-refractivity contribution in [2.24, 2.45) is 5.73 Å². The number of nitrogens with two attached hydrogens (primary N) is 1. The van der Waals surface area contributed by atoms with E-state index in [4.69, 9.17) is 5.73 Å². The summed E-state index contributed by atoms with van der Waals surface area (Å²) < 4.78 is 81.8. The number of piperidine rings is 1. The highest BCUT2D eigenvalue weighted by Crippen LogP contribution is 2.35. The summed E-state index contributed by atoms with van der Waals surface area (Å²) in [5.41, 5.74) is 4.55. The van der Waals surface area contributed by atoms with E-state index in [1.54, 1.807) is 0 Å². The molecular weight excluding hydrogens is 522 g/mol. The van der Waals surface area contributed by atoms with Crippen LogP contribution in [-0.4, -0.2) is 29.0 Å². The second kappa shape index (κ2) is 11.7. The van der Waals surface area contributed by atoms with Gasteiger partial charge in [0.2, 0.25) is 5.91 Å². The van der Waals surface area contributed by atoms with E-state index in [-0.39, 0.29) is 41.9 Å². The minimum atomic E-state index is -4.75. The number of halogens is 6. The second-order valence-corrected chi connectivity index (χ2v) is 9.67. The van der Waals surface area contributed by atoms with Crippen molar-refractivity contribution in [3.05, 3.63) is 93.6 Å². The fourth-order valence-corrected chi connectivity index (χ4v) is 4.99. The van der Waals surface area contributed by atoms with Crippen LogP contribution >= 0.6 is 0 Å². The van der Waals surface area contributed by atoms with Gasteiger partial charge in [-0.15, -0.1) is 0 Å². The zero-order chi connectivity index (χ0) is 28.2. The van der Waals surface area contributed by atoms with Crippen LogP contribution in [0.25, 0.3) is 0 Å². The predicted octanol–water partition coefficient (Wildman–Crippen LogP) is 5.39. The normalized spacial score (nSPS) is 14.9. The lowest BCUT2D eigenvalue weighted by atomic mass is 9.89. The van der Waals surface area contributed by atoms with Gasteiger partial charge in [-0.2, -0.15) is 26.3 Å². The maximum atomic E-state index is 13.7. The third-order valence-corrected chi connectivity index (χ3v) is 6.94. The van der Waals surface area contributed by atoms with Crippen LogP contribution in [0, 0.1) is 0 Å². The molecule has 1 amide bonds. The van der Waals surface area contributed by atoms with E-state index in [0.29, 0.717) is 5.92 Å². The van der Waals surface area contributed by atoms with Crippen molar-refractivity contribution < 1.29 is 31.1 Å². The maximum Gasteiger partial charge on any atom is 0.419 e. The molecule has 0 saturated carbocycles. The van der Waals surface area contributed by atoms with Gasteiger partial charge in [0, 0.05) is 12.6 Å². The molecule has 1 aliphatic rings. The summed E-state index contributed by atoms with van der Waals surface area (Å²) in [5, 5.41) is 3.32. The van der Waals surface area contributed by atoms with Crippen molar-refractivity contribution in [2.75, 3.05) is 13.1 Å². The van der Waals surface area contributed by atoms with Gasteiger partial charge < -0.3 is 11.1 Å². The highest BCUT2D eigenvalue weighted by molar-refractivity contribution is 5.77. The Hall–Kier alpha value is -3.47. The summed E-state index contributed by atoms with van der Waals surface area (Å²) >= 11 is 0. The second-order valence-electron chi connectivity index (χ2n) is 9.67. The standard InChI is InChI=1S/C28H28F6N4O/c29-27(30,31)22-3-1-2-20(21(22)15-25(35)39)8-9-24-23(28(32,33)34)16-37-26(38-24)14-17-4-6-18(7-5-17)19-10-12-36-13-11-19/h1-7,16,19,36H,8-15H2,(H2,35,39). The molecule has 0 unspecified atom stereocenters. The molecule has 1 fully saturated rings. The van der Waals surface area contributed by atoms with Crippen LogP contribution in [0.2, 0.25) is 0 Å². The van der Waals surface area contributed by atoms with Gasteiger partial charge in [-0.3, -0.25) is 4.79 Å². The fraction of sp³-hybridized carbons (Fsp3) is 0.393.